The molecule has 1 aromatic rings. The molecule has 0 bridgehead atoms. The van der Waals surface area contributed by atoms with Crippen LogP contribution in [0.15, 0.2) is 0 Å². The van der Waals surface area contributed by atoms with Gasteiger partial charge in [0.2, 0.25) is 0 Å². The average molecular weight is 321 g/mol. The van der Waals surface area contributed by atoms with Gasteiger partial charge in [-0.05, 0) is 25.3 Å². The molecule has 0 aliphatic heterocycles. The Hall–Kier alpha value is -0.690. The molecule has 1 saturated carbocycles. The Morgan fingerprint density at radius 3 is 2.62 bits per heavy atom. The number of halogens is 3. The van der Waals surface area contributed by atoms with Gasteiger partial charge in [0.1, 0.15) is 10.0 Å². The van der Waals surface area contributed by atoms with E-state index in [-0.39, 0.29) is 6.42 Å². The van der Waals surface area contributed by atoms with Crippen LogP contribution in [0.25, 0.3) is 0 Å². The second-order valence-electron chi connectivity index (χ2n) is 6.10. The standard InChI is InChI=1S/C14H22F3N3S/c1-9(2)7-18-8-12-19-20-13(21-12)10-5-3-4-6-11(10)14(15,16)17/h9-11,18H,3-8H2,1-2H3. The van der Waals surface area contributed by atoms with E-state index >= 15 is 0 Å². The summed E-state index contributed by atoms with van der Waals surface area (Å²) in [4.78, 5) is 0. The van der Waals surface area contributed by atoms with Crippen molar-refractivity contribution in [3.8, 4) is 0 Å². The Kier molecular flexibility index (Phi) is 5.60. The van der Waals surface area contributed by atoms with Crippen molar-refractivity contribution in [1.29, 1.82) is 0 Å². The van der Waals surface area contributed by atoms with Gasteiger partial charge in [-0.3, -0.25) is 0 Å². The summed E-state index contributed by atoms with van der Waals surface area (Å²) in [6.07, 6.45) is -1.85. The van der Waals surface area contributed by atoms with Crippen LogP contribution in [0.2, 0.25) is 0 Å². The maximum atomic E-state index is 13.1. The minimum Gasteiger partial charge on any atom is -0.310 e. The van der Waals surface area contributed by atoms with E-state index in [4.69, 9.17) is 0 Å². The summed E-state index contributed by atoms with van der Waals surface area (Å²) < 4.78 is 39.4. The number of nitrogens with zero attached hydrogens (tertiary/aromatic N) is 2. The summed E-state index contributed by atoms with van der Waals surface area (Å²) in [6, 6.07) is 0. The Morgan fingerprint density at radius 2 is 1.95 bits per heavy atom. The lowest BCUT2D eigenvalue weighted by Gasteiger charge is -2.31. The fourth-order valence-electron chi connectivity index (χ4n) is 2.77. The highest BCUT2D eigenvalue weighted by molar-refractivity contribution is 7.11. The molecule has 0 amide bonds. The Labute approximate surface area is 127 Å². The highest BCUT2D eigenvalue weighted by atomic mass is 32.1. The maximum absolute atomic E-state index is 13.1. The lowest BCUT2D eigenvalue weighted by atomic mass is 9.79. The summed E-state index contributed by atoms with van der Waals surface area (Å²) in [6.45, 7) is 5.66. The van der Waals surface area contributed by atoms with Gasteiger partial charge < -0.3 is 5.32 Å². The smallest absolute Gasteiger partial charge is 0.310 e. The maximum Gasteiger partial charge on any atom is 0.392 e. The van der Waals surface area contributed by atoms with Crippen LogP contribution in [0.5, 0.6) is 0 Å². The summed E-state index contributed by atoms with van der Waals surface area (Å²) in [5.41, 5.74) is 0. The molecule has 1 aliphatic carbocycles. The first kappa shape index (κ1) is 16.7. The molecule has 2 atom stereocenters. The van der Waals surface area contributed by atoms with Crippen LogP contribution >= 0.6 is 11.3 Å². The zero-order chi connectivity index (χ0) is 15.5. The van der Waals surface area contributed by atoms with Crippen LogP contribution < -0.4 is 5.32 Å². The molecule has 0 saturated heterocycles. The average Bonchev–Trinajstić information content (AvgIpc) is 2.86. The van der Waals surface area contributed by atoms with E-state index < -0.39 is 18.0 Å². The van der Waals surface area contributed by atoms with Gasteiger partial charge in [0.15, 0.2) is 0 Å². The molecule has 1 heterocycles. The van der Waals surface area contributed by atoms with Crippen molar-refractivity contribution in [3.63, 3.8) is 0 Å². The molecule has 7 heteroatoms. The summed E-state index contributed by atoms with van der Waals surface area (Å²) in [5.74, 6) is -1.23. The van der Waals surface area contributed by atoms with Crippen molar-refractivity contribution in [1.82, 2.24) is 15.5 Å². The number of aromatic nitrogens is 2. The number of alkyl halides is 3. The first-order valence-corrected chi connectivity index (χ1v) is 8.29. The molecule has 1 fully saturated rings. The lowest BCUT2D eigenvalue weighted by molar-refractivity contribution is -0.187. The van der Waals surface area contributed by atoms with Crippen LogP contribution in [-0.2, 0) is 6.54 Å². The van der Waals surface area contributed by atoms with Crippen molar-refractivity contribution < 1.29 is 13.2 Å². The van der Waals surface area contributed by atoms with Gasteiger partial charge in [-0.15, -0.1) is 10.2 Å². The molecule has 1 N–H and O–H groups in total. The summed E-state index contributed by atoms with van der Waals surface area (Å²) in [5, 5.41) is 12.6. The Balaban J connectivity index is 2.01. The molecule has 21 heavy (non-hydrogen) atoms. The molecule has 3 nitrogen and oxygen atoms in total. The van der Waals surface area contributed by atoms with Crippen molar-refractivity contribution in [3.05, 3.63) is 10.0 Å². The highest BCUT2D eigenvalue weighted by Crippen LogP contribution is 2.46. The number of hydrogen-bond acceptors (Lipinski definition) is 4. The van der Waals surface area contributed by atoms with E-state index in [0.717, 1.165) is 18.0 Å². The molecule has 0 spiro atoms. The van der Waals surface area contributed by atoms with Gasteiger partial charge >= 0.3 is 6.18 Å². The zero-order valence-corrected chi connectivity index (χ0v) is 13.2. The van der Waals surface area contributed by atoms with E-state index in [1.165, 1.54) is 11.3 Å². The molecule has 1 aliphatic rings. The molecular formula is C14H22F3N3S. The molecule has 120 valence electrons. The van der Waals surface area contributed by atoms with Gasteiger partial charge in [0, 0.05) is 12.5 Å². The fraction of sp³-hybridized carbons (Fsp3) is 0.857. The molecule has 1 aromatic heterocycles. The predicted molar refractivity (Wildman–Crippen MR) is 77.2 cm³/mol. The van der Waals surface area contributed by atoms with Crippen LogP contribution in [0.4, 0.5) is 13.2 Å². The number of rotatable bonds is 5. The topological polar surface area (TPSA) is 37.8 Å². The van der Waals surface area contributed by atoms with Crippen molar-refractivity contribution in [2.75, 3.05) is 6.54 Å². The van der Waals surface area contributed by atoms with E-state index in [1.54, 1.807) is 0 Å². The van der Waals surface area contributed by atoms with E-state index in [1.807, 2.05) is 0 Å². The third-order valence-electron chi connectivity index (χ3n) is 3.81. The third kappa shape index (κ3) is 4.64. The minimum absolute atomic E-state index is 0.217. The molecule has 2 rings (SSSR count). The molecular weight excluding hydrogens is 299 g/mol. The van der Waals surface area contributed by atoms with Crippen LogP contribution in [-0.4, -0.2) is 22.9 Å². The first-order chi connectivity index (χ1) is 9.88. The van der Waals surface area contributed by atoms with E-state index in [0.29, 0.717) is 30.3 Å². The predicted octanol–water partition coefficient (Wildman–Crippen LogP) is 4.12. The van der Waals surface area contributed by atoms with Gasteiger partial charge in [-0.25, -0.2) is 0 Å². The van der Waals surface area contributed by atoms with Gasteiger partial charge in [-0.2, -0.15) is 13.2 Å². The molecule has 2 unspecified atom stereocenters. The lowest BCUT2D eigenvalue weighted by Crippen LogP contribution is -2.31. The Bertz CT molecular complexity index is 445. The highest BCUT2D eigenvalue weighted by Gasteiger charge is 2.47. The normalized spacial score (nSPS) is 23.7. The quantitative estimate of drug-likeness (QED) is 0.886. The number of nitrogens with one attached hydrogen (secondary N) is 1. The SMILES string of the molecule is CC(C)CNCc1nnc(C2CCCCC2C(F)(F)F)s1. The molecule has 0 aromatic carbocycles. The van der Waals surface area contributed by atoms with Crippen molar-refractivity contribution in [2.45, 2.75) is 58.2 Å². The van der Waals surface area contributed by atoms with Crippen LogP contribution in [0.1, 0.15) is 55.5 Å². The van der Waals surface area contributed by atoms with Crippen molar-refractivity contribution in [2.24, 2.45) is 11.8 Å². The monoisotopic (exact) mass is 321 g/mol. The first-order valence-electron chi connectivity index (χ1n) is 7.47. The van der Waals surface area contributed by atoms with Crippen LogP contribution in [0.3, 0.4) is 0 Å². The Morgan fingerprint density at radius 1 is 1.24 bits per heavy atom. The second-order valence-corrected chi connectivity index (χ2v) is 7.19. The summed E-state index contributed by atoms with van der Waals surface area (Å²) >= 11 is 1.33. The molecule has 0 radical (unpaired) electrons. The number of hydrogen-bond donors (Lipinski definition) is 1. The third-order valence-corrected chi connectivity index (χ3v) is 4.87. The minimum atomic E-state index is -4.13. The fourth-order valence-corrected chi connectivity index (χ4v) is 3.79. The largest absolute Gasteiger partial charge is 0.392 e. The van der Waals surface area contributed by atoms with Gasteiger partial charge in [0.05, 0.1) is 5.92 Å². The van der Waals surface area contributed by atoms with E-state index in [2.05, 4.69) is 29.4 Å². The van der Waals surface area contributed by atoms with Crippen molar-refractivity contribution >= 4 is 11.3 Å². The van der Waals surface area contributed by atoms with Crippen LogP contribution in [0, 0.1) is 11.8 Å². The zero-order valence-electron chi connectivity index (χ0n) is 12.4. The van der Waals surface area contributed by atoms with Gasteiger partial charge in [0.25, 0.3) is 0 Å². The summed E-state index contributed by atoms with van der Waals surface area (Å²) in [7, 11) is 0. The van der Waals surface area contributed by atoms with Gasteiger partial charge in [-0.1, -0.05) is 38.0 Å². The second kappa shape index (κ2) is 7.05. The van der Waals surface area contributed by atoms with E-state index in [9.17, 15) is 13.2 Å².